The number of hydrogen-bond donors (Lipinski definition) is 0. The Morgan fingerprint density at radius 3 is 2.32 bits per heavy atom. The van der Waals surface area contributed by atoms with Crippen molar-refractivity contribution >= 4 is 28.0 Å². The first-order valence-electron chi connectivity index (χ1n) is 8.48. The van der Waals surface area contributed by atoms with E-state index in [-0.39, 0.29) is 17.6 Å². The van der Waals surface area contributed by atoms with Crippen LogP contribution in [-0.4, -0.2) is 12.6 Å². The van der Waals surface area contributed by atoms with Crippen molar-refractivity contribution in [2.24, 2.45) is 0 Å². The number of allylic oxidation sites excluding steroid dienone is 1. The van der Waals surface area contributed by atoms with Gasteiger partial charge in [0.25, 0.3) is 0 Å². The van der Waals surface area contributed by atoms with Crippen LogP contribution in [0.4, 0.5) is 0 Å². The molecule has 0 aliphatic heterocycles. The molecule has 2 rings (SSSR count). The Labute approximate surface area is 172 Å². The summed E-state index contributed by atoms with van der Waals surface area (Å²) in [6, 6.07) is 15.7. The lowest BCUT2D eigenvalue weighted by Gasteiger charge is -2.23. The fourth-order valence-corrected chi connectivity index (χ4v) is 2.76. The van der Waals surface area contributed by atoms with E-state index in [1.807, 2.05) is 18.2 Å². The maximum atomic E-state index is 12.1. The summed E-state index contributed by atoms with van der Waals surface area (Å²) < 4.78 is 11.9. The highest BCUT2D eigenvalue weighted by atomic mass is 79.9. The predicted octanol–water partition coefficient (Wildman–Crippen LogP) is 5.16. The van der Waals surface area contributed by atoms with Crippen molar-refractivity contribution in [2.75, 3.05) is 6.61 Å². The number of ether oxygens (including phenoxy) is 2. The summed E-state index contributed by atoms with van der Waals surface area (Å²) >= 11 is 3.46. The monoisotopic (exact) mass is 438 g/mol. The maximum Gasteiger partial charge on any atom is 0.349 e. The second-order valence-electron chi connectivity index (χ2n) is 7.00. The van der Waals surface area contributed by atoms with Crippen LogP contribution < -0.4 is 9.47 Å². The van der Waals surface area contributed by atoms with Gasteiger partial charge >= 0.3 is 5.97 Å². The van der Waals surface area contributed by atoms with Gasteiger partial charge in [-0.1, -0.05) is 48.8 Å². The van der Waals surface area contributed by atoms with E-state index in [1.54, 1.807) is 36.4 Å². The zero-order valence-electron chi connectivity index (χ0n) is 15.8. The number of benzene rings is 2. The van der Waals surface area contributed by atoms with Gasteiger partial charge in [0.15, 0.2) is 6.61 Å². The summed E-state index contributed by atoms with van der Waals surface area (Å²) in [6.45, 7) is 5.99. The smallest absolute Gasteiger partial charge is 0.349 e. The Bertz CT molecular complexity index is 959. The van der Waals surface area contributed by atoms with Crippen molar-refractivity contribution in [3.63, 3.8) is 0 Å². The predicted molar refractivity (Wildman–Crippen MR) is 110 cm³/mol. The highest BCUT2D eigenvalue weighted by Crippen LogP contribution is 2.33. The van der Waals surface area contributed by atoms with Gasteiger partial charge in [-0.2, -0.15) is 10.5 Å². The summed E-state index contributed by atoms with van der Waals surface area (Å²) in [6.07, 6.45) is 1.45. The minimum absolute atomic E-state index is 0.00213. The van der Waals surface area contributed by atoms with Crippen molar-refractivity contribution in [1.82, 2.24) is 0 Å². The molecule has 0 saturated carbocycles. The van der Waals surface area contributed by atoms with E-state index >= 15 is 0 Å². The molecule has 0 atom stereocenters. The molecule has 2 aromatic rings. The van der Waals surface area contributed by atoms with E-state index in [0.717, 1.165) is 10.0 Å². The Morgan fingerprint density at radius 2 is 1.75 bits per heavy atom. The summed E-state index contributed by atoms with van der Waals surface area (Å²) in [5.41, 5.74) is 1.51. The normalized spacial score (nSPS) is 10.4. The molecule has 28 heavy (non-hydrogen) atoms. The average molecular weight is 439 g/mol. The minimum atomic E-state index is -0.527. The maximum absolute atomic E-state index is 12.1. The first-order valence-corrected chi connectivity index (χ1v) is 9.27. The molecule has 0 aliphatic carbocycles. The van der Waals surface area contributed by atoms with Crippen LogP contribution in [0.25, 0.3) is 6.08 Å². The van der Waals surface area contributed by atoms with Gasteiger partial charge in [0.05, 0.1) is 0 Å². The van der Waals surface area contributed by atoms with Gasteiger partial charge in [-0.05, 0) is 47.4 Å². The molecule has 0 N–H and O–H groups in total. The molecule has 6 heteroatoms. The SMILES string of the molecule is CC(C)(C)c1cc(Br)ccc1OCC(=O)Oc1ccc(C=C(C#N)C#N)cc1. The molecule has 0 saturated heterocycles. The molecule has 2 aromatic carbocycles. The topological polar surface area (TPSA) is 83.1 Å². The molecule has 0 bridgehead atoms. The third-order valence-corrected chi connectivity index (χ3v) is 4.25. The van der Waals surface area contributed by atoms with E-state index in [0.29, 0.717) is 17.1 Å². The molecule has 0 unspecified atom stereocenters. The van der Waals surface area contributed by atoms with Crippen LogP contribution in [0.15, 0.2) is 52.5 Å². The van der Waals surface area contributed by atoms with E-state index in [1.165, 1.54) is 6.08 Å². The van der Waals surface area contributed by atoms with Crippen LogP contribution in [0.3, 0.4) is 0 Å². The van der Waals surface area contributed by atoms with Gasteiger partial charge in [0.1, 0.15) is 29.2 Å². The molecular weight excluding hydrogens is 420 g/mol. The van der Waals surface area contributed by atoms with Crippen LogP contribution in [0.2, 0.25) is 0 Å². The van der Waals surface area contributed by atoms with Crippen LogP contribution in [0.5, 0.6) is 11.5 Å². The lowest BCUT2D eigenvalue weighted by Crippen LogP contribution is -2.20. The first-order chi connectivity index (χ1) is 13.2. The molecule has 0 aromatic heterocycles. The van der Waals surface area contributed by atoms with E-state index < -0.39 is 5.97 Å². The number of rotatable bonds is 5. The summed E-state index contributed by atoms with van der Waals surface area (Å²) in [7, 11) is 0. The Hall–Kier alpha value is -3.09. The molecule has 0 heterocycles. The van der Waals surface area contributed by atoms with Gasteiger partial charge in [0, 0.05) is 10.0 Å². The standard InChI is InChI=1S/C22H19BrN2O3/c1-22(2,3)19-11-17(23)6-9-20(19)27-14-21(26)28-18-7-4-15(5-8-18)10-16(12-24)13-25/h4-11H,14H2,1-3H3. The summed E-state index contributed by atoms with van der Waals surface area (Å²) in [5.74, 6) is 0.461. The van der Waals surface area contributed by atoms with Crippen molar-refractivity contribution in [3.05, 3.63) is 63.6 Å². The molecule has 0 radical (unpaired) electrons. The summed E-state index contributed by atoms with van der Waals surface area (Å²) in [5, 5.41) is 17.5. The highest BCUT2D eigenvalue weighted by Gasteiger charge is 2.20. The number of halogens is 1. The lowest BCUT2D eigenvalue weighted by molar-refractivity contribution is -0.136. The van der Waals surface area contributed by atoms with E-state index in [4.69, 9.17) is 20.0 Å². The van der Waals surface area contributed by atoms with Gasteiger partial charge < -0.3 is 9.47 Å². The van der Waals surface area contributed by atoms with Crippen molar-refractivity contribution in [2.45, 2.75) is 26.2 Å². The largest absolute Gasteiger partial charge is 0.482 e. The third kappa shape index (κ3) is 5.97. The second-order valence-corrected chi connectivity index (χ2v) is 7.92. The molecule has 5 nitrogen and oxygen atoms in total. The quantitative estimate of drug-likeness (QED) is 0.365. The van der Waals surface area contributed by atoms with Gasteiger partial charge in [0.2, 0.25) is 0 Å². The Morgan fingerprint density at radius 1 is 1.11 bits per heavy atom. The second kappa shape index (κ2) is 9.21. The molecule has 0 spiro atoms. The number of carbonyl (C=O) groups excluding carboxylic acids is 1. The van der Waals surface area contributed by atoms with E-state index in [2.05, 4.69) is 36.7 Å². The van der Waals surface area contributed by atoms with Gasteiger partial charge in [-0.15, -0.1) is 0 Å². The summed E-state index contributed by atoms with van der Waals surface area (Å²) in [4.78, 5) is 12.1. The van der Waals surface area contributed by atoms with Crippen LogP contribution in [0, 0.1) is 22.7 Å². The number of esters is 1. The van der Waals surface area contributed by atoms with E-state index in [9.17, 15) is 4.79 Å². The first kappa shape index (κ1) is 21.2. The molecule has 0 fully saturated rings. The third-order valence-electron chi connectivity index (χ3n) is 3.76. The number of nitrogens with zero attached hydrogens (tertiary/aromatic N) is 2. The van der Waals surface area contributed by atoms with Gasteiger partial charge in [-0.3, -0.25) is 0 Å². The fraction of sp³-hybridized carbons (Fsp3) is 0.227. The zero-order valence-corrected chi connectivity index (χ0v) is 17.4. The van der Waals surface area contributed by atoms with Crippen LogP contribution >= 0.6 is 15.9 Å². The molecule has 142 valence electrons. The molecule has 0 amide bonds. The lowest BCUT2D eigenvalue weighted by atomic mass is 9.86. The Kier molecular flexibility index (Phi) is 6.98. The van der Waals surface area contributed by atoms with Crippen LogP contribution in [-0.2, 0) is 10.2 Å². The fourth-order valence-electron chi connectivity index (χ4n) is 2.40. The number of carbonyl (C=O) groups is 1. The number of hydrogen-bond acceptors (Lipinski definition) is 5. The highest BCUT2D eigenvalue weighted by molar-refractivity contribution is 9.10. The van der Waals surface area contributed by atoms with Gasteiger partial charge in [-0.25, -0.2) is 4.79 Å². The van der Waals surface area contributed by atoms with Crippen molar-refractivity contribution in [1.29, 1.82) is 10.5 Å². The van der Waals surface area contributed by atoms with Crippen LogP contribution in [0.1, 0.15) is 31.9 Å². The minimum Gasteiger partial charge on any atom is -0.482 e. The Balaban J connectivity index is 2.02. The average Bonchev–Trinajstić information content (AvgIpc) is 2.65. The number of nitriles is 2. The molecular formula is C22H19BrN2O3. The zero-order chi connectivity index (χ0) is 20.7. The van der Waals surface area contributed by atoms with Crippen molar-refractivity contribution < 1.29 is 14.3 Å². The molecule has 0 aliphatic rings. The van der Waals surface area contributed by atoms with Crippen molar-refractivity contribution in [3.8, 4) is 23.6 Å².